The van der Waals surface area contributed by atoms with Crippen LogP contribution in [-0.4, -0.2) is 8.42 Å². The van der Waals surface area contributed by atoms with E-state index in [1.54, 1.807) is 18.2 Å². The van der Waals surface area contributed by atoms with Gasteiger partial charge in [-0.2, -0.15) is 0 Å². The lowest BCUT2D eigenvalue weighted by molar-refractivity contribution is 0.565. The maximum absolute atomic E-state index is 12.4. The van der Waals surface area contributed by atoms with Gasteiger partial charge < -0.3 is 0 Å². The highest BCUT2D eigenvalue weighted by atomic mass is 35.5. The third-order valence-corrected chi connectivity index (χ3v) is 5.98. The first-order valence-electron chi connectivity index (χ1n) is 8.02. The van der Waals surface area contributed by atoms with Crippen LogP contribution in [0.3, 0.4) is 0 Å². The van der Waals surface area contributed by atoms with Crippen LogP contribution in [0.15, 0.2) is 42.5 Å². The molecular formula is C19H23Cl2NO2S. The van der Waals surface area contributed by atoms with Crippen LogP contribution in [-0.2, 0) is 21.2 Å². The summed E-state index contributed by atoms with van der Waals surface area (Å²) in [6.07, 6.45) is 0. The van der Waals surface area contributed by atoms with E-state index >= 15 is 0 Å². The van der Waals surface area contributed by atoms with E-state index in [1.165, 1.54) is 5.56 Å². The van der Waals surface area contributed by atoms with Crippen molar-refractivity contribution >= 4 is 33.2 Å². The van der Waals surface area contributed by atoms with Gasteiger partial charge in [0.2, 0.25) is 10.0 Å². The first-order chi connectivity index (χ1) is 11.5. The highest BCUT2D eigenvalue weighted by Gasteiger charge is 2.19. The fourth-order valence-corrected chi connectivity index (χ4v) is 4.47. The average molecular weight is 400 g/mol. The molecule has 2 aromatic rings. The summed E-state index contributed by atoms with van der Waals surface area (Å²) in [5.41, 5.74) is 2.71. The van der Waals surface area contributed by atoms with Gasteiger partial charge in [-0.25, -0.2) is 13.1 Å². The number of rotatable bonds is 5. The van der Waals surface area contributed by atoms with Crippen molar-refractivity contribution in [2.24, 2.45) is 0 Å². The van der Waals surface area contributed by atoms with Gasteiger partial charge in [-0.1, -0.05) is 74.3 Å². The molecule has 0 radical (unpaired) electrons. The molecule has 0 fully saturated rings. The van der Waals surface area contributed by atoms with Crippen molar-refractivity contribution in [2.75, 3.05) is 0 Å². The minimum atomic E-state index is -3.53. The fourth-order valence-electron chi connectivity index (χ4n) is 2.49. The van der Waals surface area contributed by atoms with Gasteiger partial charge >= 0.3 is 0 Å². The summed E-state index contributed by atoms with van der Waals surface area (Å²) in [5, 5.41) is 0.825. The minimum absolute atomic E-state index is 0.0621. The third-order valence-electron chi connectivity index (χ3n) is 3.99. The average Bonchev–Trinajstić information content (AvgIpc) is 2.49. The van der Waals surface area contributed by atoms with Gasteiger partial charge in [0.05, 0.1) is 5.75 Å². The van der Waals surface area contributed by atoms with Crippen LogP contribution in [0.5, 0.6) is 0 Å². The van der Waals surface area contributed by atoms with Gasteiger partial charge in [0, 0.05) is 16.1 Å². The Hall–Kier alpha value is -1.07. The molecule has 0 aliphatic rings. The van der Waals surface area contributed by atoms with E-state index in [4.69, 9.17) is 23.2 Å². The van der Waals surface area contributed by atoms with Gasteiger partial charge in [-0.15, -0.1) is 0 Å². The molecule has 2 rings (SSSR count). The van der Waals surface area contributed by atoms with Gasteiger partial charge in [0.15, 0.2) is 0 Å². The van der Waals surface area contributed by atoms with E-state index in [0.717, 1.165) is 5.56 Å². The van der Waals surface area contributed by atoms with Crippen molar-refractivity contribution in [1.29, 1.82) is 0 Å². The zero-order valence-corrected chi connectivity index (χ0v) is 17.1. The van der Waals surface area contributed by atoms with E-state index < -0.39 is 10.0 Å². The van der Waals surface area contributed by atoms with Gasteiger partial charge in [-0.3, -0.25) is 0 Å². The summed E-state index contributed by atoms with van der Waals surface area (Å²) in [7, 11) is -3.53. The van der Waals surface area contributed by atoms with Crippen molar-refractivity contribution in [3.05, 3.63) is 69.2 Å². The van der Waals surface area contributed by atoms with Crippen LogP contribution >= 0.6 is 23.2 Å². The van der Waals surface area contributed by atoms with E-state index in [0.29, 0.717) is 15.6 Å². The Bertz CT molecular complexity index is 841. The smallest absolute Gasteiger partial charge is 0.212 e. The fraction of sp³-hybridized carbons (Fsp3) is 0.368. The summed E-state index contributed by atoms with van der Waals surface area (Å²) in [5.74, 6) is -0.187. The van der Waals surface area contributed by atoms with Crippen molar-refractivity contribution < 1.29 is 8.42 Å². The maximum Gasteiger partial charge on any atom is 0.216 e. The summed E-state index contributed by atoms with van der Waals surface area (Å²) >= 11 is 11.9. The van der Waals surface area contributed by atoms with Crippen LogP contribution in [0, 0.1) is 0 Å². The van der Waals surface area contributed by atoms with Crippen LogP contribution in [0.2, 0.25) is 10.0 Å². The monoisotopic (exact) mass is 399 g/mol. The first-order valence-corrected chi connectivity index (χ1v) is 10.4. The molecule has 0 aromatic heterocycles. The number of hydrogen-bond acceptors (Lipinski definition) is 2. The molecule has 25 heavy (non-hydrogen) atoms. The Morgan fingerprint density at radius 3 is 2.16 bits per heavy atom. The second kappa shape index (κ2) is 7.67. The van der Waals surface area contributed by atoms with E-state index in [9.17, 15) is 8.42 Å². The normalized spacial score (nSPS) is 13.7. The lowest BCUT2D eigenvalue weighted by Crippen LogP contribution is -2.28. The molecule has 0 heterocycles. The lowest BCUT2D eigenvalue weighted by atomic mass is 9.86. The van der Waals surface area contributed by atoms with Gasteiger partial charge in [0.25, 0.3) is 0 Å². The lowest BCUT2D eigenvalue weighted by Gasteiger charge is -2.21. The number of halogens is 2. The molecule has 0 unspecified atom stereocenters. The Labute approximate surface area is 160 Å². The zero-order chi connectivity index (χ0) is 18.8. The first kappa shape index (κ1) is 20.2. The van der Waals surface area contributed by atoms with Crippen molar-refractivity contribution in [1.82, 2.24) is 4.72 Å². The molecule has 1 atom stereocenters. The molecule has 0 amide bonds. The minimum Gasteiger partial charge on any atom is -0.212 e. The van der Waals surface area contributed by atoms with E-state index in [2.05, 4.69) is 25.5 Å². The molecule has 3 nitrogen and oxygen atoms in total. The Balaban J connectivity index is 2.11. The number of sulfonamides is 1. The molecule has 6 heteroatoms. The second-order valence-electron chi connectivity index (χ2n) is 7.21. The molecule has 0 aliphatic carbocycles. The van der Waals surface area contributed by atoms with Crippen LogP contribution in [0.1, 0.15) is 50.4 Å². The predicted molar refractivity (Wildman–Crippen MR) is 106 cm³/mol. The summed E-state index contributed by atoms with van der Waals surface area (Å²) in [4.78, 5) is 0. The quantitative estimate of drug-likeness (QED) is 0.723. The molecule has 1 N–H and O–H groups in total. The zero-order valence-electron chi connectivity index (χ0n) is 14.8. The highest BCUT2D eigenvalue weighted by molar-refractivity contribution is 7.88. The van der Waals surface area contributed by atoms with Crippen LogP contribution in [0.25, 0.3) is 0 Å². The molecule has 2 aromatic carbocycles. The van der Waals surface area contributed by atoms with Gasteiger partial charge in [-0.05, 0) is 41.2 Å². The van der Waals surface area contributed by atoms with E-state index in [1.807, 2.05) is 31.2 Å². The SMILES string of the molecule is C[C@@H](NS(=O)(=O)Cc1ccc(Cl)cc1Cl)c1ccc(C(C)(C)C)cc1. The number of hydrogen-bond donors (Lipinski definition) is 1. The van der Waals surface area contributed by atoms with Gasteiger partial charge in [0.1, 0.15) is 0 Å². The molecule has 0 bridgehead atoms. The molecule has 0 saturated heterocycles. The van der Waals surface area contributed by atoms with Crippen molar-refractivity contribution in [3.8, 4) is 0 Å². The van der Waals surface area contributed by atoms with E-state index in [-0.39, 0.29) is 17.2 Å². The molecule has 136 valence electrons. The largest absolute Gasteiger partial charge is 0.216 e. The molecular weight excluding hydrogens is 377 g/mol. The number of benzene rings is 2. The summed E-state index contributed by atoms with van der Waals surface area (Å²) < 4.78 is 27.6. The Morgan fingerprint density at radius 2 is 1.64 bits per heavy atom. The van der Waals surface area contributed by atoms with Crippen molar-refractivity contribution in [3.63, 3.8) is 0 Å². The van der Waals surface area contributed by atoms with Crippen LogP contribution in [0.4, 0.5) is 0 Å². The predicted octanol–water partition coefficient (Wildman–Crippen LogP) is 5.47. The topological polar surface area (TPSA) is 46.2 Å². The third kappa shape index (κ3) is 5.71. The summed E-state index contributed by atoms with van der Waals surface area (Å²) in [6, 6.07) is 12.5. The van der Waals surface area contributed by atoms with Crippen LogP contribution < -0.4 is 4.72 Å². The second-order valence-corrected chi connectivity index (χ2v) is 9.80. The van der Waals surface area contributed by atoms with Crippen molar-refractivity contribution in [2.45, 2.75) is 44.9 Å². The standard InChI is InChI=1S/C19H23Cl2NO2S/c1-13(14-5-8-16(9-6-14)19(2,3)4)22-25(23,24)12-15-7-10-17(20)11-18(15)21/h5-11,13,22H,12H2,1-4H3/t13-/m1/s1. The molecule has 0 aliphatic heterocycles. The summed E-state index contributed by atoms with van der Waals surface area (Å²) in [6.45, 7) is 8.26. The maximum atomic E-state index is 12.4. The Morgan fingerprint density at radius 1 is 1.04 bits per heavy atom. The Kier molecular flexibility index (Phi) is 6.21. The highest BCUT2D eigenvalue weighted by Crippen LogP contribution is 2.25. The molecule has 0 saturated carbocycles. The number of nitrogens with one attached hydrogen (secondary N) is 1. The molecule has 0 spiro atoms.